The summed E-state index contributed by atoms with van der Waals surface area (Å²) in [5.74, 6) is -0.375. The van der Waals surface area contributed by atoms with Gasteiger partial charge in [-0.25, -0.2) is 9.78 Å². The van der Waals surface area contributed by atoms with Gasteiger partial charge in [0.05, 0.1) is 12.2 Å². The second-order valence-electron chi connectivity index (χ2n) is 4.29. The molecule has 4 nitrogen and oxygen atoms in total. The zero-order chi connectivity index (χ0) is 14.1. The average Bonchev–Trinajstić information content (AvgIpc) is 3.02. The van der Waals surface area contributed by atoms with Crippen LogP contribution in [0.5, 0.6) is 0 Å². The van der Waals surface area contributed by atoms with Crippen molar-refractivity contribution in [2.45, 2.75) is 13.8 Å². The highest BCUT2D eigenvalue weighted by Crippen LogP contribution is 2.34. The smallest absolute Gasteiger partial charge is 0.358 e. The van der Waals surface area contributed by atoms with E-state index in [0.717, 1.165) is 26.4 Å². The van der Waals surface area contributed by atoms with Crippen LogP contribution in [0.15, 0.2) is 34.9 Å². The Morgan fingerprint density at radius 3 is 3.00 bits per heavy atom. The highest BCUT2D eigenvalue weighted by molar-refractivity contribution is 7.15. The second kappa shape index (κ2) is 5.09. The number of aromatic nitrogens is 1. The molecule has 0 aliphatic carbocycles. The van der Waals surface area contributed by atoms with Crippen LogP contribution in [0.3, 0.4) is 0 Å². The number of ether oxygens (including phenoxy) is 1. The molecule has 2 aromatic heterocycles. The molecule has 2 heterocycles. The molecule has 0 fully saturated rings. The normalized spacial score (nSPS) is 10.9. The van der Waals surface area contributed by atoms with Crippen molar-refractivity contribution in [3.05, 3.63) is 41.1 Å². The molecule has 0 aliphatic heterocycles. The number of nitrogens with zero attached hydrogens (tertiary/aromatic N) is 1. The van der Waals surface area contributed by atoms with Crippen LogP contribution < -0.4 is 0 Å². The van der Waals surface area contributed by atoms with E-state index in [-0.39, 0.29) is 5.97 Å². The molecule has 0 radical (unpaired) electrons. The number of thiazole rings is 1. The maximum Gasteiger partial charge on any atom is 0.358 e. The van der Waals surface area contributed by atoms with E-state index in [9.17, 15) is 4.79 Å². The van der Waals surface area contributed by atoms with Crippen molar-refractivity contribution < 1.29 is 13.9 Å². The van der Waals surface area contributed by atoms with E-state index in [1.165, 1.54) is 11.3 Å². The van der Waals surface area contributed by atoms with Crippen LogP contribution in [0.1, 0.15) is 22.3 Å². The topological polar surface area (TPSA) is 52.3 Å². The molecule has 20 heavy (non-hydrogen) atoms. The van der Waals surface area contributed by atoms with Crippen LogP contribution in [-0.4, -0.2) is 17.6 Å². The van der Waals surface area contributed by atoms with Crippen molar-refractivity contribution >= 4 is 28.3 Å². The van der Waals surface area contributed by atoms with Gasteiger partial charge in [-0.1, -0.05) is 18.2 Å². The van der Waals surface area contributed by atoms with E-state index in [0.29, 0.717) is 12.3 Å². The van der Waals surface area contributed by atoms with E-state index < -0.39 is 0 Å². The fraction of sp³-hybridized carbons (Fsp3) is 0.200. The van der Waals surface area contributed by atoms with Gasteiger partial charge in [0.25, 0.3) is 0 Å². The number of hydrogen-bond donors (Lipinski definition) is 0. The Labute approximate surface area is 120 Å². The number of carbonyl (C=O) groups is 1. The third-order valence-corrected chi connectivity index (χ3v) is 3.98. The molecule has 3 aromatic rings. The van der Waals surface area contributed by atoms with Crippen LogP contribution in [-0.2, 0) is 4.74 Å². The lowest BCUT2D eigenvalue weighted by atomic mass is 10.2. The number of carbonyl (C=O) groups excluding carboxylic acids is 1. The Bertz CT molecular complexity index is 772. The number of furan rings is 1. The summed E-state index contributed by atoms with van der Waals surface area (Å²) in [5.41, 5.74) is 2.11. The highest BCUT2D eigenvalue weighted by atomic mass is 32.1. The number of hydrogen-bond acceptors (Lipinski definition) is 5. The van der Waals surface area contributed by atoms with Gasteiger partial charge in [-0.3, -0.25) is 0 Å². The Morgan fingerprint density at radius 1 is 1.40 bits per heavy atom. The molecule has 0 amide bonds. The van der Waals surface area contributed by atoms with Gasteiger partial charge in [0, 0.05) is 10.3 Å². The number of esters is 1. The van der Waals surface area contributed by atoms with Gasteiger partial charge in [-0.15, -0.1) is 11.3 Å². The maximum absolute atomic E-state index is 11.8. The van der Waals surface area contributed by atoms with Crippen molar-refractivity contribution in [1.82, 2.24) is 4.98 Å². The molecule has 0 saturated heterocycles. The number of rotatable bonds is 3. The molecule has 1 aromatic carbocycles. The summed E-state index contributed by atoms with van der Waals surface area (Å²) in [6.45, 7) is 4.00. The summed E-state index contributed by atoms with van der Waals surface area (Å²) in [5, 5.41) is 1.77. The van der Waals surface area contributed by atoms with Crippen molar-refractivity contribution in [2.24, 2.45) is 0 Å². The minimum atomic E-state index is -0.375. The third-order valence-electron chi connectivity index (χ3n) is 2.98. The number of fused-ring (bicyclic) bond motifs is 1. The Kier molecular flexibility index (Phi) is 3.28. The molecule has 0 N–H and O–H groups in total. The predicted molar refractivity (Wildman–Crippen MR) is 78.0 cm³/mol. The lowest BCUT2D eigenvalue weighted by molar-refractivity contribution is 0.0519. The van der Waals surface area contributed by atoms with Gasteiger partial charge in [-0.05, 0) is 19.9 Å². The van der Waals surface area contributed by atoms with Gasteiger partial charge in [-0.2, -0.15) is 0 Å². The molecule has 0 aliphatic rings. The molecule has 5 heteroatoms. The lowest BCUT2D eigenvalue weighted by Gasteiger charge is -1.97. The SMILES string of the molecule is CCOC(=O)c1nc(-c2coc3ccccc23)sc1C. The Morgan fingerprint density at radius 2 is 2.20 bits per heavy atom. The monoisotopic (exact) mass is 287 g/mol. The first kappa shape index (κ1) is 12.9. The standard InChI is InChI=1S/C15H13NO3S/c1-3-18-15(17)13-9(2)20-14(16-13)11-8-19-12-7-5-4-6-10(11)12/h4-8H,3H2,1-2H3. The number of benzene rings is 1. The van der Waals surface area contributed by atoms with Crippen molar-refractivity contribution in [2.75, 3.05) is 6.61 Å². The fourth-order valence-corrected chi connectivity index (χ4v) is 2.96. The van der Waals surface area contributed by atoms with Gasteiger partial charge in [0.2, 0.25) is 0 Å². The second-order valence-corrected chi connectivity index (χ2v) is 5.49. The molecule has 0 bridgehead atoms. The quantitative estimate of drug-likeness (QED) is 0.682. The molecule has 0 unspecified atom stereocenters. The molecule has 3 rings (SSSR count). The zero-order valence-electron chi connectivity index (χ0n) is 11.2. The van der Waals surface area contributed by atoms with Crippen molar-refractivity contribution in [3.8, 4) is 10.6 Å². The molecule has 0 atom stereocenters. The summed E-state index contributed by atoms with van der Waals surface area (Å²) in [6.07, 6.45) is 1.68. The van der Waals surface area contributed by atoms with Crippen LogP contribution >= 0.6 is 11.3 Å². The van der Waals surface area contributed by atoms with E-state index in [1.54, 1.807) is 13.2 Å². The first-order chi connectivity index (χ1) is 9.70. The molecular formula is C15H13NO3S. The highest BCUT2D eigenvalue weighted by Gasteiger charge is 2.19. The summed E-state index contributed by atoms with van der Waals surface area (Å²) in [6, 6.07) is 7.77. The van der Waals surface area contributed by atoms with Crippen LogP contribution in [0.4, 0.5) is 0 Å². The maximum atomic E-state index is 11.8. The molecule has 102 valence electrons. The van der Waals surface area contributed by atoms with Gasteiger partial charge in [0.1, 0.15) is 16.9 Å². The summed E-state index contributed by atoms with van der Waals surface area (Å²) in [7, 11) is 0. The Balaban J connectivity index is 2.07. The molecule has 0 spiro atoms. The zero-order valence-corrected chi connectivity index (χ0v) is 12.0. The minimum absolute atomic E-state index is 0.347. The minimum Gasteiger partial charge on any atom is -0.464 e. The van der Waals surface area contributed by atoms with Gasteiger partial charge >= 0.3 is 5.97 Å². The van der Waals surface area contributed by atoms with Crippen molar-refractivity contribution in [1.29, 1.82) is 0 Å². The number of aryl methyl sites for hydroxylation is 1. The van der Waals surface area contributed by atoms with E-state index in [2.05, 4.69) is 4.98 Å². The summed E-state index contributed by atoms with van der Waals surface area (Å²) < 4.78 is 10.5. The van der Waals surface area contributed by atoms with Crippen LogP contribution in [0.2, 0.25) is 0 Å². The first-order valence-corrected chi connectivity index (χ1v) is 7.13. The van der Waals surface area contributed by atoms with Crippen LogP contribution in [0, 0.1) is 6.92 Å². The predicted octanol–water partition coefficient (Wildman–Crippen LogP) is 4.04. The average molecular weight is 287 g/mol. The Hall–Kier alpha value is -2.14. The largest absolute Gasteiger partial charge is 0.464 e. The summed E-state index contributed by atoms with van der Waals surface area (Å²) >= 11 is 1.47. The van der Waals surface area contributed by atoms with E-state index >= 15 is 0 Å². The van der Waals surface area contributed by atoms with Gasteiger partial charge in [0.15, 0.2) is 5.69 Å². The van der Waals surface area contributed by atoms with E-state index in [1.807, 2.05) is 31.2 Å². The fourth-order valence-electron chi connectivity index (χ4n) is 2.04. The van der Waals surface area contributed by atoms with E-state index in [4.69, 9.17) is 9.15 Å². The third kappa shape index (κ3) is 2.10. The molecular weight excluding hydrogens is 274 g/mol. The van der Waals surface area contributed by atoms with Crippen molar-refractivity contribution in [3.63, 3.8) is 0 Å². The lowest BCUT2D eigenvalue weighted by Crippen LogP contribution is -2.06. The number of para-hydroxylation sites is 1. The van der Waals surface area contributed by atoms with Crippen LogP contribution in [0.25, 0.3) is 21.5 Å². The van der Waals surface area contributed by atoms with Gasteiger partial charge < -0.3 is 9.15 Å². The first-order valence-electron chi connectivity index (χ1n) is 6.32. The summed E-state index contributed by atoms with van der Waals surface area (Å²) in [4.78, 5) is 17.1. The molecule has 0 saturated carbocycles.